The summed E-state index contributed by atoms with van der Waals surface area (Å²) in [6.45, 7) is 10.1. The molecule has 1 aromatic heterocycles. The summed E-state index contributed by atoms with van der Waals surface area (Å²) >= 11 is 0. The van der Waals surface area contributed by atoms with E-state index in [9.17, 15) is 18.0 Å². The standard InChI is InChI=1S/C31H42N8O4S/c1-22-21-33-30(36-29(22)34-24-8-7-9-26(20-24)44(42,43)37-31(2,3)4)35-23-12-14-25(15-13-23)38-16-18-39(19-17-38)28(41)11-6-5-10-27(32)40/h7-9,12-15,20-21,37H,5-6,10-11,16-19H2,1-4H3,(H2,32,40)(H2,33,34,35,36). The molecule has 0 spiro atoms. The van der Waals surface area contributed by atoms with E-state index in [-0.39, 0.29) is 16.7 Å². The Balaban J connectivity index is 1.34. The molecule has 0 saturated carbocycles. The van der Waals surface area contributed by atoms with E-state index < -0.39 is 15.6 Å². The van der Waals surface area contributed by atoms with Gasteiger partial charge in [0.15, 0.2) is 0 Å². The van der Waals surface area contributed by atoms with Crippen molar-refractivity contribution in [3.63, 3.8) is 0 Å². The van der Waals surface area contributed by atoms with Crippen molar-refractivity contribution in [2.75, 3.05) is 41.7 Å². The molecule has 2 amide bonds. The topological polar surface area (TPSA) is 163 Å². The fraction of sp³-hybridized carbons (Fsp3) is 0.419. The van der Waals surface area contributed by atoms with Crippen LogP contribution in [-0.4, -0.2) is 66.8 Å². The van der Waals surface area contributed by atoms with E-state index >= 15 is 0 Å². The largest absolute Gasteiger partial charge is 0.370 e. The molecule has 1 aliphatic heterocycles. The van der Waals surface area contributed by atoms with E-state index in [1.54, 1.807) is 51.2 Å². The van der Waals surface area contributed by atoms with E-state index in [0.717, 1.165) is 30.0 Å². The van der Waals surface area contributed by atoms with Crippen molar-refractivity contribution in [1.29, 1.82) is 0 Å². The highest BCUT2D eigenvalue weighted by molar-refractivity contribution is 7.89. The van der Waals surface area contributed by atoms with Crippen LogP contribution in [0.5, 0.6) is 0 Å². The highest BCUT2D eigenvalue weighted by Gasteiger charge is 2.23. The minimum Gasteiger partial charge on any atom is -0.370 e. The summed E-state index contributed by atoms with van der Waals surface area (Å²) in [6.07, 6.45) is 3.77. The molecule has 236 valence electrons. The van der Waals surface area contributed by atoms with Crippen molar-refractivity contribution in [3.8, 4) is 0 Å². The third kappa shape index (κ3) is 9.38. The van der Waals surface area contributed by atoms with Gasteiger partial charge in [-0.05, 0) is 83.0 Å². The lowest BCUT2D eigenvalue weighted by molar-refractivity contribution is -0.131. The number of hydrogen-bond acceptors (Lipinski definition) is 9. The number of amides is 2. The van der Waals surface area contributed by atoms with Gasteiger partial charge in [0.1, 0.15) is 5.82 Å². The minimum absolute atomic E-state index is 0.121. The molecule has 0 bridgehead atoms. The number of sulfonamides is 1. The van der Waals surface area contributed by atoms with E-state index in [1.807, 2.05) is 36.1 Å². The Morgan fingerprint density at radius 1 is 0.932 bits per heavy atom. The maximum absolute atomic E-state index is 12.8. The fourth-order valence-electron chi connectivity index (χ4n) is 4.80. The summed E-state index contributed by atoms with van der Waals surface area (Å²) in [7, 11) is -3.69. The van der Waals surface area contributed by atoms with Crippen LogP contribution in [0, 0.1) is 6.92 Å². The molecule has 2 heterocycles. The second-order valence-corrected chi connectivity index (χ2v) is 13.6. The molecule has 1 aliphatic rings. The SMILES string of the molecule is Cc1cnc(Nc2ccc(N3CCN(C(=O)CCCCC(N)=O)CC3)cc2)nc1Nc1cccc(S(=O)(=O)NC(C)(C)C)c1. The number of anilines is 5. The van der Waals surface area contributed by atoms with Crippen molar-refractivity contribution in [3.05, 3.63) is 60.3 Å². The molecular formula is C31H42N8O4S. The van der Waals surface area contributed by atoms with Crippen molar-refractivity contribution in [2.45, 2.75) is 63.8 Å². The molecule has 2 aromatic carbocycles. The number of hydrogen-bond donors (Lipinski definition) is 4. The molecule has 1 saturated heterocycles. The number of nitrogens with two attached hydrogens (primary N) is 1. The second kappa shape index (κ2) is 14.0. The lowest BCUT2D eigenvalue weighted by atomic mass is 10.1. The van der Waals surface area contributed by atoms with Crippen LogP contribution in [0.1, 0.15) is 52.0 Å². The summed E-state index contributed by atoms with van der Waals surface area (Å²) in [4.78, 5) is 36.7. The summed E-state index contributed by atoms with van der Waals surface area (Å²) < 4.78 is 28.3. The number of unbranched alkanes of at least 4 members (excludes halogenated alkanes) is 1. The molecule has 12 nitrogen and oxygen atoms in total. The van der Waals surface area contributed by atoms with Crippen LogP contribution >= 0.6 is 0 Å². The van der Waals surface area contributed by atoms with Crippen LogP contribution in [0.25, 0.3) is 0 Å². The molecule has 3 aromatic rings. The molecule has 4 rings (SSSR count). The molecule has 13 heteroatoms. The number of carbonyl (C=O) groups excluding carboxylic acids is 2. The van der Waals surface area contributed by atoms with Gasteiger partial charge >= 0.3 is 0 Å². The number of aromatic nitrogens is 2. The first kappa shape index (κ1) is 32.7. The highest BCUT2D eigenvalue weighted by atomic mass is 32.2. The average molecular weight is 623 g/mol. The first-order valence-electron chi connectivity index (χ1n) is 14.7. The number of rotatable bonds is 12. The average Bonchev–Trinajstić information content (AvgIpc) is 2.96. The third-order valence-corrected chi connectivity index (χ3v) is 8.76. The zero-order chi connectivity index (χ0) is 31.9. The van der Waals surface area contributed by atoms with Crippen LogP contribution in [-0.2, 0) is 19.6 Å². The number of nitrogens with one attached hydrogen (secondary N) is 3. The highest BCUT2D eigenvalue weighted by Crippen LogP contribution is 2.25. The number of carbonyl (C=O) groups is 2. The van der Waals surface area contributed by atoms with Gasteiger partial charge in [-0.2, -0.15) is 4.98 Å². The van der Waals surface area contributed by atoms with Gasteiger partial charge in [-0.1, -0.05) is 6.07 Å². The second-order valence-electron chi connectivity index (χ2n) is 11.9. The molecule has 0 atom stereocenters. The molecule has 1 fully saturated rings. The Kier molecular flexibility index (Phi) is 10.4. The number of nitrogens with zero attached hydrogens (tertiary/aromatic N) is 4. The van der Waals surface area contributed by atoms with Crippen molar-refractivity contribution in [2.24, 2.45) is 5.73 Å². The minimum atomic E-state index is -3.69. The molecular weight excluding hydrogens is 580 g/mol. The number of piperazine rings is 1. The van der Waals surface area contributed by atoms with Gasteiger partial charge in [-0.3, -0.25) is 9.59 Å². The van der Waals surface area contributed by atoms with E-state index in [1.165, 1.54) is 0 Å². The van der Waals surface area contributed by atoms with Gasteiger partial charge in [0, 0.05) is 73.4 Å². The molecule has 5 N–H and O–H groups in total. The smallest absolute Gasteiger partial charge is 0.241 e. The first-order chi connectivity index (χ1) is 20.8. The first-order valence-corrected chi connectivity index (χ1v) is 16.2. The molecule has 0 radical (unpaired) electrons. The Morgan fingerprint density at radius 2 is 1.61 bits per heavy atom. The van der Waals surface area contributed by atoms with Crippen LogP contribution < -0.4 is 26.0 Å². The van der Waals surface area contributed by atoms with Crippen LogP contribution in [0.15, 0.2) is 59.6 Å². The maximum atomic E-state index is 12.8. The predicted octanol–water partition coefficient (Wildman–Crippen LogP) is 4.04. The van der Waals surface area contributed by atoms with Gasteiger partial charge < -0.3 is 26.2 Å². The van der Waals surface area contributed by atoms with Gasteiger partial charge in [-0.25, -0.2) is 18.1 Å². The summed E-state index contributed by atoms with van der Waals surface area (Å²) in [5.41, 5.74) is 7.83. The van der Waals surface area contributed by atoms with Crippen LogP contribution in [0.2, 0.25) is 0 Å². The quantitative estimate of drug-likeness (QED) is 0.218. The monoisotopic (exact) mass is 622 g/mol. The van der Waals surface area contributed by atoms with Gasteiger partial charge in [0.2, 0.25) is 27.8 Å². The molecule has 44 heavy (non-hydrogen) atoms. The van der Waals surface area contributed by atoms with Crippen molar-refractivity contribution >= 4 is 50.7 Å². The normalized spacial score (nSPS) is 13.9. The van der Waals surface area contributed by atoms with Crippen LogP contribution in [0.3, 0.4) is 0 Å². The van der Waals surface area contributed by atoms with Gasteiger partial charge in [0.25, 0.3) is 0 Å². The molecule has 0 aliphatic carbocycles. The fourth-order valence-corrected chi connectivity index (χ4v) is 6.26. The maximum Gasteiger partial charge on any atom is 0.241 e. The summed E-state index contributed by atoms with van der Waals surface area (Å²) in [5, 5.41) is 6.45. The Labute approximate surface area is 259 Å². The summed E-state index contributed by atoms with van der Waals surface area (Å²) in [6, 6.07) is 14.6. The number of aryl methyl sites for hydroxylation is 1. The third-order valence-electron chi connectivity index (χ3n) is 7.00. The van der Waals surface area contributed by atoms with E-state index in [0.29, 0.717) is 56.2 Å². The zero-order valence-electron chi connectivity index (χ0n) is 25.8. The Hall–Kier alpha value is -4.23. The number of primary amides is 1. The van der Waals surface area contributed by atoms with E-state index in [4.69, 9.17) is 5.73 Å². The van der Waals surface area contributed by atoms with Gasteiger partial charge in [0.05, 0.1) is 4.90 Å². The van der Waals surface area contributed by atoms with Gasteiger partial charge in [-0.15, -0.1) is 0 Å². The van der Waals surface area contributed by atoms with Crippen molar-refractivity contribution < 1.29 is 18.0 Å². The lowest BCUT2D eigenvalue weighted by Crippen LogP contribution is -2.48. The zero-order valence-corrected chi connectivity index (χ0v) is 26.6. The van der Waals surface area contributed by atoms with Crippen LogP contribution in [0.4, 0.5) is 28.8 Å². The predicted molar refractivity (Wildman–Crippen MR) is 173 cm³/mol. The summed E-state index contributed by atoms with van der Waals surface area (Å²) in [5.74, 6) is 0.740. The lowest BCUT2D eigenvalue weighted by Gasteiger charge is -2.36. The Morgan fingerprint density at radius 3 is 2.27 bits per heavy atom. The number of benzene rings is 2. The molecule has 0 unspecified atom stereocenters. The Bertz CT molecular complexity index is 1560. The van der Waals surface area contributed by atoms with E-state index in [2.05, 4.69) is 30.2 Å². The van der Waals surface area contributed by atoms with Crippen molar-refractivity contribution in [1.82, 2.24) is 19.6 Å².